The number of rotatable bonds is 8. The van der Waals surface area contributed by atoms with E-state index in [0.29, 0.717) is 23.0 Å². The molecule has 1 N–H and O–H groups in total. The number of hydrogen-bond acceptors (Lipinski definition) is 4. The molecule has 28 heavy (non-hydrogen) atoms. The predicted octanol–water partition coefficient (Wildman–Crippen LogP) is 4.02. The zero-order valence-corrected chi connectivity index (χ0v) is 18.8. The molecule has 8 heteroatoms. The Morgan fingerprint density at radius 3 is 2.25 bits per heavy atom. The molecule has 5 nitrogen and oxygen atoms in total. The van der Waals surface area contributed by atoms with Crippen molar-refractivity contribution in [3.63, 3.8) is 0 Å². The number of sulfonamides is 1. The minimum atomic E-state index is -3.62. The van der Waals surface area contributed by atoms with Crippen LogP contribution in [0.1, 0.15) is 18.1 Å². The van der Waals surface area contributed by atoms with Gasteiger partial charge in [-0.3, -0.25) is 9.10 Å². The number of thioether (sulfide) groups is 1. The summed E-state index contributed by atoms with van der Waals surface area (Å²) >= 11 is 7.46. The van der Waals surface area contributed by atoms with Crippen LogP contribution in [0.15, 0.2) is 47.4 Å². The van der Waals surface area contributed by atoms with Gasteiger partial charge in [-0.2, -0.15) is 0 Å². The number of carbonyl (C=O) groups excluding carboxylic acids is 1. The maximum absolute atomic E-state index is 12.6. The number of benzene rings is 2. The molecule has 0 aliphatic rings. The van der Waals surface area contributed by atoms with Gasteiger partial charge in [0.2, 0.25) is 15.9 Å². The lowest BCUT2D eigenvalue weighted by Gasteiger charge is -2.28. The third-order valence-electron chi connectivity index (χ3n) is 4.03. The second-order valence-corrected chi connectivity index (χ2v) is 10.1. The number of nitrogens with one attached hydrogen (secondary N) is 1. The maximum atomic E-state index is 12.6. The molecule has 0 heterocycles. The van der Waals surface area contributed by atoms with Crippen LogP contribution in [0.4, 0.5) is 5.69 Å². The van der Waals surface area contributed by atoms with Gasteiger partial charge in [0.15, 0.2) is 0 Å². The van der Waals surface area contributed by atoms with Crippen molar-refractivity contribution in [2.75, 3.05) is 22.9 Å². The SMILES string of the molecule is Cc1cc(C)cc(N(C(C)C(=O)NCCSc2ccc(Cl)cc2)S(C)(=O)=O)c1. The Bertz CT molecular complexity index is 911. The van der Waals surface area contributed by atoms with Crippen LogP contribution in [0.5, 0.6) is 0 Å². The number of aryl methyl sites for hydroxylation is 2. The number of hydrogen-bond donors (Lipinski definition) is 1. The first-order valence-corrected chi connectivity index (χ1v) is 12.0. The monoisotopic (exact) mass is 440 g/mol. The van der Waals surface area contributed by atoms with Crippen LogP contribution in [0.2, 0.25) is 5.02 Å². The Morgan fingerprint density at radius 2 is 1.71 bits per heavy atom. The summed E-state index contributed by atoms with van der Waals surface area (Å²) in [4.78, 5) is 13.6. The summed E-state index contributed by atoms with van der Waals surface area (Å²) in [5, 5.41) is 3.50. The second-order valence-electron chi connectivity index (χ2n) is 6.67. The smallest absolute Gasteiger partial charge is 0.243 e. The van der Waals surface area contributed by atoms with E-state index in [0.717, 1.165) is 22.3 Å². The third kappa shape index (κ3) is 6.43. The minimum absolute atomic E-state index is 0.332. The van der Waals surface area contributed by atoms with Gasteiger partial charge in [0, 0.05) is 22.2 Å². The number of nitrogens with zero attached hydrogens (tertiary/aromatic N) is 1. The second kappa shape index (κ2) is 9.67. The van der Waals surface area contributed by atoms with E-state index in [1.54, 1.807) is 30.8 Å². The molecule has 0 radical (unpaired) electrons. The average Bonchev–Trinajstić information content (AvgIpc) is 2.58. The number of anilines is 1. The third-order valence-corrected chi connectivity index (χ3v) is 6.54. The molecule has 0 saturated heterocycles. The van der Waals surface area contributed by atoms with Gasteiger partial charge in [-0.25, -0.2) is 8.42 Å². The Morgan fingerprint density at radius 1 is 1.14 bits per heavy atom. The molecule has 1 amide bonds. The summed E-state index contributed by atoms with van der Waals surface area (Å²) in [6.07, 6.45) is 1.12. The summed E-state index contributed by atoms with van der Waals surface area (Å²) in [7, 11) is -3.62. The Labute approximate surface area is 176 Å². The summed E-state index contributed by atoms with van der Waals surface area (Å²) in [5.74, 6) is 0.337. The molecule has 2 aromatic carbocycles. The number of halogens is 1. The highest BCUT2D eigenvalue weighted by atomic mass is 35.5. The summed E-state index contributed by atoms with van der Waals surface area (Å²) in [6, 6.07) is 12.1. The fourth-order valence-electron chi connectivity index (χ4n) is 2.91. The largest absolute Gasteiger partial charge is 0.353 e. The minimum Gasteiger partial charge on any atom is -0.353 e. The molecule has 1 atom stereocenters. The van der Waals surface area contributed by atoms with Crippen molar-refractivity contribution >= 4 is 45.0 Å². The first kappa shape index (κ1) is 22.6. The molecular weight excluding hydrogens is 416 g/mol. The Kier molecular flexibility index (Phi) is 7.80. The van der Waals surface area contributed by atoms with Crippen LogP contribution in [0, 0.1) is 13.8 Å². The normalized spacial score (nSPS) is 12.5. The molecule has 0 aliphatic carbocycles. The van der Waals surface area contributed by atoms with Gasteiger partial charge in [0.1, 0.15) is 6.04 Å². The fraction of sp³-hybridized carbons (Fsp3) is 0.350. The van der Waals surface area contributed by atoms with Crippen LogP contribution in [0.3, 0.4) is 0 Å². The van der Waals surface area contributed by atoms with Crippen molar-refractivity contribution in [2.45, 2.75) is 31.7 Å². The van der Waals surface area contributed by atoms with Gasteiger partial charge >= 0.3 is 0 Å². The topological polar surface area (TPSA) is 66.5 Å². The molecule has 0 fully saturated rings. The summed E-state index contributed by atoms with van der Waals surface area (Å²) < 4.78 is 25.9. The van der Waals surface area contributed by atoms with E-state index in [9.17, 15) is 13.2 Å². The quantitative estimate of drug-likeness (QED) is 0.497. The molecule has 1 unspecified atom stereocenters. The molecule has 0 bridgehead atoms. The zero-order valence-electron chi connectivity index (χ0n) is 16.4. The van der Waals surface area contributed by atoms with Gasteiger partial charge in [0.25, 0.3) is 0 Å². The molecule has 152 valence electrons. The molecular formula is C20H25ClN2O3S2. The van der Waals surface area contributed by atoms with Crippen molar-refractivity contribution in [3.05, 3.63) is 58.6 Å². The Hall–Kier alpha value is -1.70. The van der Waals surface area contributed by atoms with Gasteiger partial charge in [-0.15, -0.1) is 11.8 Å². The van der Waals surface area contributed by atoms with E-state index in [2.05, 4.69) is 5.32 Å². The highest BCUT2D eigenvalue weighted by Gasteiger charge is 2.29. The predicted molar refractivity (Wildman–Crippen MR) is 118 cm³/mol. The van der Waals surface area contributed by atoms with E-state index >= 15 is 0 Å². The van der Waals surface area contributed by atoms with Crippen LogP contribution in [0.25, 0.3) is 0 Å². The highest BCUT2D eigenvalue weighted by molar-refractivity contribution is 7.99. The standard InChI is InChI=1S/C20H25ClN2O3S2/c1-14-11-15(2)13-18(12-14)23(28(4,25)26)16(3)20(24)22-9-10-27-19-7-5-17(21)6-8-19/h5-8,11-13,16H,9-10H2,1-4H3,(H,22,24). The van der Waals surface area contributed by atoms with Crippen LogP contribution in [-0.2, 0) is 14.8 Å². The van der Waals surface area contributed by atoms with Gasteiger partial charge in [0.05, 0.1) is 11.9 Å². The summed E-state index contributed by atoms with van der Waals surface area (Å²) in [5.41, 5.74) is 2.38. The lowest BCUT2D eigenvalue weighted by Crippen LogP contribution is -2.48. The lowest BCUT2D eigenvalue weighted by molar-refractivity contribution is -0.121. The van der Waals surface area contributed by atoms with Crippen molar-refractivity contribution in [1.82, 2.24) is 5.32 Å². The van der Waals surface area contributed by atoms with Crippen LogP contribution in [-0.4, -0.2) is 38.9 Å². The fourth-order valence-corrected chi connectivity index (χ4v) is 4.96. The van der Waals surface area contributed by atoms with E-state index < -0.39 is 16.1 Å². The van der Waals surface area contributed by atoms with Gasteiger partial charge in [-0.05, 0) is 68.3 Å². The van der Waals surface area contributed by atoms with Crippen LogP contribution < -0.4 is 9.62 Å². The van der Waals surface area contributed by atoms with E-state index in [4.69, 9.17) is 11.6 Å². The van der Waals surface area contributed by atoms with Crippen molar-refractivity contribution in [3.8, 4) is 0 Å². The van der Waals surface area contributed by atoms with E-state index in [1.165, 1.54) is 4.31 Å². The highest BCUT2D eigenvalue weighted by Crippen LogP contribution is 2.24. The molecule has 0 saturated carbocycles. The molecule has 0 aliphatic heterocycles. The first-order chi connectivity index (χ1) is 13.1. The molecule has 2 rings (SSSR count). The first-order valence-electron chi connectivity index (χ1n) is 8.81. The van der Waals surface area contributed by atoms with E-state index in [-0.39, 0.29) is 5.91 Å². The van der Waals surface area contributed by atoms with Crippen LogP contribution >= 0.6 is 23.4 Å². The maximum Gasteiger partial charge on any atom is 0.243 e. The van der Waals surface area contributed by atoms with Crippen molar-refractivity contribution in [2.24, 2.45) is 0 Å². The van der Waals surface area contributed by atoms with Crippen molar-refractivity contribution < 1.29 is 13.2 Å². The Balaban J connectivity index is 2.02. The molecule has 0 spiro atoms. The van der Waals surface area contributed by atoms with Gasteiger partial charge < -0.3 is 5.32 Å². The van der Waals surface area contributed by atoms with E-state index in [1.807, 2.05) is 44.2 Å². The number of amides is 1. The van der Waals surface area contributed by atoms with Crippen molar-refractivity contribution in [1.29, 1.82) is 0 Å². The molecule has 0 aromatic heterocycles. The number of carbonyl (C=O) groups is 1. The average molecular weight is 441 g/mol. The molecule has 2 aromatic rings. The zero-order chi connectivity index (χ0) is 20.9. The lowest BCUT2D eigenvalue weighted by atomic mass is 10.1. The van der Waals surface area contributed by atoms with Gasteiger partial charge in [-0.1, -0.05) is 17.7 Å². The summed E-state index contributed by atoms with van der Waals surface area (Å²) in [6.45, 7) is 5.83.